The van der Waals surface area contributed by atoms with Crippen molar-refractivity contribution in [2.45, 2.75) is 13.3 Å². The monoisotopic (exact) mass is 334 g/mol. The molecule has 1 amide bonds. The molecule has 0 aliphatic rings. The Balaban J connectivity index is 1.77. The fraction of sp³-hybridized carbons (Fsp3) is 0.294. The number of rotatable bonds is 7. The molecule has 0 atom stereocenters. The number of carbonyl (C=O) groups is 2. The third kappa shape index (κ3) is 4.86. The second-order valence-corrected chi connectivity index (χ2v) is 5.68. The number of hydrogen-bond donors (Lipinski definition) is 1. The van der Waals surface area contributed by atoms with E-state index in [1.54, 1.807) is 48.5 Å². The van der Waals surface area contributed by atoms with Crippen molar-refractivity contribution in [3.8, 4) is 5.75 Å². The van der Waals surface area contributed by atoms with Gasteiger partial charge < -0.3 is 14.6 Å². The highest BCUT2D eigenvalue weighted by molar-refractivity contribution is 6.30. The summed E-state index contributed by atoms with van der Waals surface area (Å²) in [5.74, 6) is 0.530. The molecule has 0 fully saturated rings. The minimum Gasteiger partial charge on any atom is -0.494 e. The number of nitrogens with one attached hydrogen (secondary N) is 1. The maximum absolute atomic E-state index is 12.2. The number of carbonyl (C=O) groups excluding carboxylic acids is 2. The molecule has 2 aromatic rings. The second kappa shape index (κ2) is 7.83. The summed E-state index contributed by atoms with van der Waals surface area (Å²) in [5, 5.41) is 0.665. The SMILES string of the molecule is CC(=O)c1c[nH]c(C(=O)N(C)CCCOc2ccc(Cl)cc2)c1. The lowest BCUT2D eigenvalue weighted by Crippen LogP contribution is -2.28. The molecule has 2 rings (SSSR count). The van der Waals surface area contributed by atoms with E-state index >= 15 is 0 Å². The Bertz CT molecular complexity index is 679. The smallest absolute Gasteiger partial charge is 0.270 e. The summed E-state index contributed by atoms with van der Waals surface area (Å²) in [6, 6.07) is 8.72. The molecule has 122 valence electrons. The van der Waals surface area contributed by atoms with Crippen molar-refractivity contribution in [2.75, 3.05) is 20.2 Å². The predicted molar refractivity (Wildman–Crippen MR) is 89.3 cm³/mol. The van der Waals surface area contributed by atoms with Crippen molar-refractivity contribution in [2.24, 2.45) is 0 Å². The van der Waals surface area contributed by atoms with Gasteiger partial charge in [-0.15, -0.1) is 0 Å². The minimum atomic E-state index is -0.149. The van der Waals surface area contributed by atoms with Gasteiger partial charge in [-0.1, -0.05) is 11.6 Å². The Labute approximate surface area is 140 Å². The summed E-state index contributed by atoms with van der Waals surface area (Å²) < 4.78 is 5.58. The number of H-pyrrole nitrogens is 1. The van der Waals surface area contributed by atoms with Crippen molar-refractivity contribution in [3.05, 3.63) is 52.8 Å². The van der Waals surface area contributed by atoms with E-state index in [4.69, 9.17) is 16.3 Å². The Morgan fingerprint density at radius 1 is 1.26 bits per heavy atom. The summed E-state index contributed by atoms with van der Waals surface area (Å²) in [4.78, 5) is 27.9. The predicted octanol–water partition coefficient (Wildman–Crippen LogP) is 3.41. The van der Waals surface area contributed by atoms with Crippen molar-refractivity contribution in [3.63, 3.8) is 0 Å². The van der Waals surface area contributed by atoms with Crippen LogP contribution < -0.4 is 4.74 Å². The lowest BCUT2D eigenvalue weighted by Gasteiger charge is -2.16. The highest BCUT2D eigenvalue weighted by atomic mass is 35.5. The van der Waals surface area contributed by atoms with E-state index in [9.17, 15) is 9.59 Å². The number of aromatic amines is 1. The van der Waals surface area contributed by atoms with Crippen molar-refractivity contribution >= 4 is 23.3 Å². The zero-order valence-corrected chi connectivity index (χ0v) is 13.9. The van der Waals surface area contributed by atoms with Gasteiger partial charge in [-0.2, -0.15) is 0 Å². The lowest BCUT2D eigenvalue weighted by molar-refractivity contribution is 0.0782. The molecule has 1 heterocycles. The number of nitrogens with zero attached hydrogens (tertiary/aromatic N) is 1. The number of ether oxygens (including phenoxy) is 1. The Morgan fingerprint density at radius 2 is 1.96 bits per heavy atom. The number of benzene rings is 1. The number of Topliss-reactive ketones (excluding diaryl/α,β-unsaturated/α-hetero) is 1. The molecular weight excluding hydrogens is 316 g/mol. The minimum absolute atomic E-state index is 0.0701. The molecule has 23 heavy (non-hydrogen) atoms. The molecule has 6 heteroatoms. The number of ketones is 1. The topological polar surface area (TPSA) is 62.4 Å². The first-order valence-electron chi connectivity index (χ1n) is 7.30. The first-order chi connectivity index (χ1) is 11.0. The van der Waals surface area contributed by atoms with E-state index in [1.807, 2.05) is 0 Å². The molecule has 0 aliphatic carbocycles. The fourth-order valence-corrected chi connectivity index (χ4v) is 2.18. The van der Waals surface area contributed by atoms with Gasteiger partial charge in [0, 0.05) is 30.4 Å². The molecule has 1 aromatic carbocycles. The molecule has 5 nitrogen and oxygen atoms in total. The van der Waals surface area contributed by atoms with Crippen LogP contribution in [0.25, 0.3) is 0 Å². The molecule has 1 aromatic heterocycles. The van der Waals surface area contributed by atoms with Crippen molar-refractivity contribution < 1.29 is 14.3 Å². The van der Waals surface area contributed by atoms with Crippen molar-refractivity contribution in [1.82, 2.24) is 9.88 Å². The van der Waals surface area contributed by atoms with Crippen LogP contribution in [0.4, 0.5) is 0 Å². The van der Waals surface area contributed by atoms with E-state index < -0.39 is 0 Å². The van der Waals surface area contributed by atoms with Crippen LogP contribution in [0.3, 0.4) is 0 Å². The standard InChI is InChI=1S/C17H19ClN2O3/c1-12(21)13-10-16(19-11-13)17(22)20(2)8-3-9-23-15-6-4-14(18)5-7-15/h4-7,10-11,19H,3,8-9H2,1-2H3. The summed E-state index contributed by atoms with van der Waals surface area (Å²) in [7, 11) is 1.72. The molecule has 0 spiro atoms. The van der Waals surface area contributed by atoms with Gasteiger partial charge >= 0.3 is 0 Å². The Kier molecular flexibility index (Phi) is 5.82. The van der Waals surface area contributed by atoms with Crippen LogP contribution >= 0.6 is 11.6 Å². The number of halogens is 1. The summed E-state index contributed by atoms with van der Waals surface area (Å²) in [6.07, 6.45) is 2.25. The van der Waals surface area contributed by atoms with Crippen LogP contribution in [0.5, 0.6) is 5.75 Å². The third-order valence-corrected chi connectivity index (χ3v) is 3.64. The maximum atomic E-state index is 12.2. The van der Waals surface area contributed by atoms with Crippen LogP contribution in [-0.2, 0) is 0 Å². The van der Waals surface area contributed by atoms with Crippen LogP contribution in [0, 0.1) is 0 Å². The van der Waals surface area contributed by atoms with E-state index in [2.05, 4.69) is 4.98 Å². The van der Waals surface area contributed by atoms with Gasteiger partial charge in [0.15, 0.2) is 5.78 Å². The molecule has 0 aliphatic heterocycles. The molecule has 1 N–H and O–H groups in total. The largest absolute Gasteiger partial charge is 0.494 e. The Hall–Kier alpha value is -2.27. The van der Waals surface area contributed by atoms with Crippen molar-refractivity contribution in [1.29, 1.82) is 0 Å². The molecule has 0 unspecified atom stereocenters. The molecule has 0 saturated heterocycles. The van der Waals surface area contributed by atoms with Gasteiger partial charge in [0.1, 0.15) is 11.4 Å². The van der Waals surface area contributed by atoms with Crippen LogP contribution in [0.15, 0.2) is 36.5 Å². The number of hydrogen-bond acceptors (Lipinski definition) is 3. The molecule has 0 saturated carbocycles. The molecule has 0 radical (unpaired) electrons. The summed E-state index contributed by atoms with van der Waals surface area (Å²) in [6.45, 7) is 2.53. The van der Waals surface area contributed by atoms with Crippen LogP contribution in [-0.4, -0.2) is 41.8 Å². The van der Waals surface area contributed by atoms with E-state index in [1.165, 1.54) is 6.92 Å². The maximum Gasteiger partial charge on any atom is 0.270 e. The van der Waals surface area contributed by atoms with Gasteiger partial charge in [-0.05, 0) is 43.7 Å². The quantitative estimate of drug-likeness (QED) is 0.623. The average molecular weight is 335 g/mol. The van der Waals surface area contributed by atoms with Crippen LogP contribution in [0.2, 0.25) is 5.02 Å². The third-order valence-electron chi connectivity index (χ3n) is 3.39. The number of amides is 1. The average Bonchev–Trinajstić information content (AvgIpc) is 3.02. The zero-order valence-electron chi connectivity index (χ0n) is 13.1. The van der Waals surface area contributed by atoms with Crippen LogP contribution in [0.1, 0.15) is 34.2 Å². The van der Waals surface area contributed by atoms with E-state index in [0.29, 0.717) is 35.9 Å². The highest BCUT2D eigenvalue weighted by Gasteiger charge is 2.14. The Morgan fingerprint density at radius 3 is 2.57 bits per heavy atom. The highest BCUT2D eigenvalue weighted by Crippen LogP contribution is 2.15. The lowest BCUT2D eigenvalue weighted by atomic mass is 10.2. The normalized spacial score (nSPS) is 10.4. The van der Waals surface area contributed by atoms with Gasteiger partial charge in [0.05, 0.1) is 6.61 Å². The molecule has 0 bridgehead atoms. The second-order valence-electron chi connectivity index (χ2n) is 5.24. The fourth-order valence-electron chi connectivity index (χ4n) is 2.05. The first kappa shape index (κ1) is 17.1. The van der Waals surface area contributed by atoms with E-state index in [-0.39, 0.29) is 11.7 Å². The first-order valence-corrected chi connectivity index (χ1v) is 7.68. The van der Waals surface area contributed by atoms with E-state index in [0.717, 1.165) is 5.75 Å². The molecular formula is C17H19ClN2O3. The zero-order chi connectivity index (χ0) is 16.8. The van der Waals surface area contributed by atoms with Gasteiger partial charge in [-0.3, -0.25) is 9.59 Å². The summed E-state index contributed by atoms with van der Waals surface area (Å²) >= 11 is 5.81. The van der Waals surface area contributed by atoms with Gasteiger partial charge in [-0.25, -0.2) is 0 Å². The summed E-state index contributed by atoms with van der Waals surface area (Å²) in [5.41, 5.74) is 0.921. The number of aromatic nitrogens is 1. The van der Waals surface area contributed by atoms with Gasteiger partial charge in [0.2, 0.25) is 0 Å². The van der Waals surface area contributed by atoms with Gasteiger partial charge in [0.25, 0.3) is 5.91 Å².